The van der Waals surface area contributed by atoms with E-state index in [4.69, 9.17) is 4.98 Å². The first kappa shape index (κ1) is 23.0. The zero-order valence-electron chi connectivity index (χ0n) is 20.2. The second-order valence-corrected chi connectivity index (χ2v) is 9.88. The third kappa shape index (κ3) is 5.01. The number of nitrogens with zero attached hydrogens (tertiary/aromatic N) is 2. The van der Waals surface area contributed by atoms with E-state index in [0.717, 1.165) is 66.0 Å². The largest absolute Gasteiger partial charge is 0.349 e. The van der Waals surface area contributed by atoms with Crippen LogP contribution >= 0.6 is 0 Å². The Kier molecular flexibility index (Phi) is 7.21. The molecular formula is C29H36N4O. The number of rotatable bonds is 6. The summed E-state index contributed by atoms with van der Waals surface area (Å²) >= 11 is 0. The first-order valence-electron chi connectivity index (χ1n) is 12.9. The second-order valence-electron chi connectivity index (χ2n) is 9.88. The van der Waals surface area contributed by atoms with Gasteiger partial charge < -0.3 is 10.6 Å². The SMILES string of the molecule is CC(NC(=O)c1c(CN2CCNCC2)c(-c2ccccc2)nc2ccccc12)C1CCCCC1. The topological polar surface area (TPSA) is 57.3 Å². The van der Waals surface area contributed by atoms with Gasteiger partial charge in [0, 0.05) is 55.3 Å². The summed E-state index contributed by atoms with van der Waals surface area (Å²) in [5.41, 5.74) is 4.70. The van der Waals surface area contributed by atoms with Crippen molar-refractivity contribution in [1.82, 2.24) is 20.5 Å². The lowest BCUT2D eigenvalue weighted by molar-refractivity contribution is 0.0918. The molecule has 1 saturated carbocycles. The summed E-state index contributed by atoms with van der Waals surface area (Å²) in [5, 5.41) is 7.80. The minimum Gasteiger partial charge on any atom is -0.349 e. The van der Waals surface area contributed by atoms with Crippen LogP contribution in [0, 0.1) is 5.92 Å². The van der Waals surface area contributed by atoms with Gasteiger partial charge in [0.1, 0.15) is 0 Å². The van der Waals surface area contributed by atoms with Gasteiger partial charge in [-0.25, -0.2) is 4.98 Å². The summed E-state index contributed by atoms with van der Waals surface area (Å²) in [7, 11) is 0. The van der Waals surface area contributed by atoms with E-state index in [1.807, 2.05) is 36.4 Å². The van der Waals surface area contributed by atoms with Gasteiger partial charge in [-0.2, -0.15) is 0 Å². The molecular weight excluding hydrogens is 420 g/mol. The molecule has 1 aliphatic heterocycles. The average Bonchev–Trinajstić information content (AvgIpc) is 2.89. The van der Waals surface area contributed by atoms with Crippen molar-refractivity contribution in [2.24, 2.45) is 5.92 Å². The Morgan fingerprint density at radius 1 is 1.03 bits per heavy atom. The van der Waals surface area contributed by atoms with E-state index in [0.29, 0.717) is 5.92 Å². The molecule has 5 rings (SSSR count). The van der Waals surface area contributed by atoms with Crippen molar-refractivity contribution >= 4 is 16.8 Å². The summed E-state index contributed by atoms with van der Waals surface area (Å²) in [6.45, 7) is 6.81. The zero-order chi connectivity index (χ0) is 23.3. The molecule has 2 fully saturated rings. The molecule has 1 amide bonds. The molecule has 1 aromatic heterocycles. The molecule has 178 valence electrons. The number of fused-ring (bicyclic) bond motifs is 1. The Morgan fingerprint density at radius 2 is 1.74 bits per heavy atom. The van der Waals surface area contributed by atoms with Crippen LogP contribution in [0.1, 0.15) is 54.9 Å². The Balaban J connectivity index is 1.60. The number of nitrogens with one attached hydrogen (secondary N) is 2. The Labute approximate surface area is 203 Å². The molecule has 0 radical (unpaired) electrons. The summed E-state index contributed by atoms with van der Waals surface area (Å²) in [4.78, 5) is 21.5. The number of hydrogen-bond donors (Lipinski definition) is 2. The monoisotopic (exact) mass is 456 g/mol. The molecule has 5 nitrogen and oxygen atoms in total. The van der Waals surface area contributed by atoms with Gasteiger partial charge in [0.2, 0.25) is 0 Å². The standard InChI is InChI=1S/C29H36N4O/c1-21(22-10-4-2-5-11-22)31-29(34)27-24-14-8-9-15-26(24)32-28(23-12-6-3-7-13-23)25(27)20-33-18-16-30-17-19-33/h3,6-9,12-15,21-22,30H,2,4-5,10-11,16-20H2,1H3,(H,31,34). The van der Waals surface area contributed by atoms with Crippen molar-refractivity contribution in [2.75, 3.05) is 26.2 Å². The average molecular weight is 457 g/mol. The van der Waals surface area contributed by atoms with Crippen LogP contribution in [0.2, 0.25) is 0 Å². The molecule has 1 aliphatic carbocycles. The highest BCUT2D eigenvalue weighted by Gasteiger charge is 2.27. The lowest BCUT2D eigenvalue weighted by Gasteiger charge is -2.30. The van der Waals surface area contributed by atoms with E-state index >= 15 is 0 Å². The lowest BCUT2D eigenvalue weighted by atomic mass is 9.84. The highest BCUT2D eigenvalue weighted by Crippen LogP contribution is 2.32. The molecule has 2 aliphatic rings. The fourth-order valence-electron chi connectivity index (χ4n) is 5.62. The van der Waals surface area contributed by atoms with E-state index < -0.39 is 0 Å². The molecule has 2 heterocycles. The molecule has 2 aromatic carbocycles. The van der Waals surface area contributed by atoms with Crippen molar-refractivity contribution < 1.29 is 4.79 Å². The van der Waals surface area contributed by atoms with E-state index in [9.17, 15) is 4.79 Å². The van der Waals surface area contributed by atoms with Crippen LogP contribution < -0.4 is 10.6 Å². The minimum atomic E-state index is 0.0407. The first-order chi connectivity index (χ1) is 16.7. The molecule has 2 N–H and O–H groups in total. The van der Waals surface area contributed by atoms with Gasteiger partial charge in [0.15, 0.2) is 0 Å². The number of pyridine rings is 1. The number of piperazine rings is 1. The van der Waals surface area contributed by atoms with Gasteiger partial charge in [-0.1, -0.05) is 67.8 Å². The maximum atomic E-state index is 14.0. The number of amides is 1. The highest BCUT2D eigenvalue weighted by atomic mass is 16.1. The maximum Gasteiger partial charge on any atom is 0.252 e. The molecule has 5 heteroatoms. The Hall–Kier alpha value is -2.76. The van der Waals surface area contributed by atoms with Crippen LogP contribution in [0.4, 0.5) is 0 Å². The molecule has 1 unspecified atom stereocenters. The van der Waals surface area contributed by atoms with Crippen molar-refractivity contribution in [3.8, 4) is 11.3 Å². The Bertz CT molecular complexity index is 1120. The summed E-state index contributed by atoms with van der Waals surface area (Å²) in [5.74, 6) is 0.606. The van der Waals surface area contributed by atoms with E-state index in [1.54, 1.807) is 0 Å². The van der Waals surface area contributed by atoms with Crippen molar-refractivity contribution in [3.05, 3.63) is 65.7 Å². The van der Waals surface area contributed by atoms with Gasteiger partial charge in [0.05, 0.1) is 16.8 Å². The van der Waals surface area contributed by atoms with Crippen LogP contribution in [-0.4, -0.2) is 48.0 Å². The van der Waals surface area contributed by atoms with Crippen LogP contribution in [0.25, 0.3) is 22.2 Å². The van der Waals surface area contributed by atoms with Crippen LogP contribution in [0.5, 0.6) is 0 Å². The zero-order valence-corrected chi connectivity index (χ0v) is 20.2. The van der Waals surface area contributed by atoms with E-state index in [-0.39, 0.29) is 11.9 Å². The van der Waals surface area contributed by atoms with Gasteiger partial charge in [-0.3, -0.25) is 9.69 Å². The third-order valence-corrected chi connectivity index (χ3v) is 7.57. The predicted octanol–water partition coefficient (Wildman–Crippen LogP) is 5.01. The molecule has 0 bridgehead atoms. The normalized spacial score (nSPS) is 18.6. The molecule has 1 atom stereocenters. The summed E-state index contributed by atoms with van der Waals surface area (Å²) in [6, 6.07) is 18.6. The number of carbonyl (C=O) groups is 1. The lowest BCUT2D eigenvalue weighted by Crippen LogP contribution is -2.43. The molecule has 0 spiro atoms. The third-order valence-electron chi connectivity index (χ3n) is 7.57. The highest BCUT2D eigenvalue weighted by molar-refractivity contribution is 6.09. The smallest absolute Gasteiger partial charge is 0.252 e. The van der Waals surface area contributed by atoms with Gasteiger partial charge in [-0.15, -0.1) is 0 Å². The van der Waals surface area contributed by atoms with Crippen LogP contribution in [0.3, 0.4) is 0 Å². The maximum absolute atomic E-state index is 14.0. The van der Waals surface area contributed by atoms with Crippen LogP contribution in [-0.2, 0) is 6.54 Å². The predicted molar refractivity (Wildman–Crippen MR) is 139 cm³/mol. The first-order valence-corrected chi connectivity index (χ1v) is 12.9. The number of aromatic nitrogens is 1. The van der Waals surface area contributed by atoms with Crippen molar-refractivity contribution in [3.63, 3.8) is 0 Å². The minimum absolute atomic E-state index is 0.0407. The van der Waals surface area contributed by atoms with E-state index in [1.165, 1.54) is 32.1 Å². The number of carbonyl (C=O) groups excluding carboxylic acids is 1. The molecule has 3 aromatic rings. The number of hydrogen-bond acceptors (Lipinski definition) is 4. The number of benzene rings is 2. The summed E-state index contributed by atoms with van der Waals surface area (Å²) in [6.07, 6.45) is 6.29. The molecule has 34 heavy (non-hydrogen) atoms. The van der Waals surface area contributed by atoms with Crippen LogP contribution in [0.15, 0.2) is 54.6 Å². The van der Waals surface area contributed by atoms with Gasteiger partial charge in [0.25, 0.3) is 5.91 Å². The Morgan fingerprint density at radius 3 is 2.50 bits per heavy atom. The molecule has 1 saturated heterocycles. The summed E-state index contributed by atoms with van der Waals surface area (Å²) < 4.78 is 0. The fourth-order valence-corrected chi connectivity index (χ4v) is 5.62. The number of para-hydroxylation sites is 1. The second kappa shape index (κ2) is 10.7. The van der Waals surface area contributed by atoms with Crippen molar-refractivity contribution in [1.29, 1.82) is 0 Å². The fraction of sp³-hybridized carbons (Fsp3) is 0.448. The van der Waals surface area contributed by atoms with Crippen molar-refractivity contribution in [2.45, 2.75) is 51.6 Å². The van der Waals surface area contributed by atoms with Gasteiger partial charge >= 0.3 is 0 Å². The quantitative estimate of drug-likeness (QED) is 0.548. The van der Waals surface area contributed by atoms with Gasteiger partial charge in [-0.05, 0) is 31.7 Å². The van der Waals surface area contributed by atoms with E-state index in [2.05, 4.69) is 40.7 Å².